The molecular weight excluding hydrogens is 288 g/mol. The summed E-state index contributed by atoms with van der Waals surface area (Å²) in [6.07, 6.45) is -2.99. The second-order valence-corrected chi connectivity index (χ2v) is 4.48. The van der Waals surface area contributed by atoms with E-state index >= 15 is 0 Å². The van der Waals surface area contributed by atoms with Crippen molar-refractivity contribution in [1.82, 2.24) is 20.1 Å². The standard InChI is InChI=1S/C13H14F4N4/c1-2-21-8-19-20-12(21)7-18-6-9-3-10(13(15,16)17)5-11(14)4-9/h3-5,8,18H,2,6-7H2,1H3. The van der Waals surface area contributed by atoms with Gasteiger partial charge in [0.15, 0.2) is 0 Å². The third-order valence-electron chi connectivity index (χ3n) is 2.93. The van der Waals surface area contributed by atoms with Gasteiger partial charge in [-0.05, 0) is 30.7 Å². The monoisotopic (exact) mass is 302 g/mol. The lowest BCUT2D eigenvalue weighted by molar-refractivity contribution is -0.137. The molecule has 1 aromatic heterocycles. The molecule has 0 bridgehead atoms. The van der Waals surface area contributed by atoms with Gasteiger partial charge in [0.2, 0.25) is 0 Å². The van der Waals surface area contributed by atoms with Crippen molar-refractivity contribution in [2.24, 2.45) is 0 Å². The smallest absolute Gasteiger partial charge is 0.317 e. The zero-order valence-electron chi connectivity index (χ0n) is 11.3. The van der Waals surface area contributed by atoms with Crippen LogP contribution in [0.2, 0.25) is 0 Å². The Morgan fingerprint density at radius 2 is 1.95 bits per heavy atom. The molecule has 2 rings (SSSR count). The summed E-state index contributed by atoms with van der Waals surface area (Å²) in [5.41, 5.74) is -0.763. The number of benzene rings is 1. The highest BCUT2D eigenvalue weighted by Gasteiger charge is 2.31. The van der Waals surface area contributed by atoms with Crippen LogP contribution in [0.4, 0.5) is 17.6 Å². The Morgan fingerprint density at radius 3 is 2.62 bits per heavy atom. The molecule has 0 aliphatic rings. The highest BCUT2D eigenvalue weighted by Crippen LogP contribution is 2.30. The second-order valence-electron chi connectivity index (χ2n) is 4.48. The molecule has 4 nitrogen and oxygen atoms in total. The molecule has 0 saturated carbocycles. The first-order chi connectivity index (χ1) is 9.90. The van der Waals surface area contributed by atoms with E-state index in [1.165, 1.54) is 0 Å². The average Bonchev–Trinajstić information content (AvgIpc) is 2.84. The van der Waals surface area contributed by atoms with E-state index in [2.05, 4.69) is 15.5 Å². The highest BCUT2D eigenvalue weighted by atomic mass is 19.4. The van der Waals surface area contributed by atoms with Gasteiger partial charge in [-0.15, -0.1) is 10.2 Å². The third-order valence-corrected chi connectivity index (χ3v) is 2.93. The van der Waals surface area contributed by atoms with Gasteiger partial charge in [-0.1, -0.05) is 0 Å². The maximum atomic E-state index is 13.2. The first kappa shape index (κ1) is 15.4. The maximum absolute atomic E-state index is 13.2. The van der Waals surface area contributed by atoms with E-state index in [1.54, 1.807) is 10.9 Å². The van der Waals surface area contributed by atoms with Gasteiger partial charge in [-0.25, -0.2) is 4.39 Å². The van der Waals surface area contributed by atoms with Crippen LogP contribution in [0.3, 0.4) is 0 Å². The van der Waals surface area contributed by atoms with Crippen LogP contribution in [0.1, 0.15) is 23.9 Å². The van der Waals surface area contributed by atoms with E-state index in [9.17, 15) is 17.6 Å². The Labute approximate surface area is 118 Å². The highest BCUT2D eigenvalue weighted by molar-refractivity contribution is 5.26. The fourth-order valence-corrected chi connectivity index (χ4v) is 1.91. The fraction of sp³-hybridized carbons (Fsp3) is 0.385. The summed E-state index contributed by atoms with van der Waals surface area (Å²) in [7, 11) is 0. The number of nitrogens with one attached hydrogen (secondary N) is 1. The van der Waals surface area contributed by atoms with Gasteiger partial charge in [0.25, 0.3) is 0 Å². The predicted molar refractivity (Wildman–Crippen MR) is 67.6 cm³/mol. The van der Waals surface area contributed by atoms with Gasteiger partial charge in [0.05, 0.1) is 12.1 Å². The Morgan fingerprint density at radius 1 is 1.19 bits per heavy atom. The van der Waals surface area contributed by atoms with Crippen LogP contribution in [0.25, 0.3) is 0 Å². The first-order valence-electron chi connectivity index (χ1n) is 6.34. The summed E-state index contributed by atoms with van der Waals surface area (Å²) < 4.78 is 52.8. The molecule has 21 heavy (non-hydrogen) atoms. The van der Waals surface area contributed by atoms with Gasteiger partial charge < -0.3 is 9.88 Å². The number of halogens is 4. The van der Waals surface area contributed by atoms with Crippen LogP contribution >= 0.6 is 0 Å². The van der Waals surface area contributed by atoms with Crippen LogP contribution in [0, 0.1) is 5.82 Å². The molecule has 0 spiro atoms. The minimum absolute atomic E-state index is 0.109. The quantitative estimate of drug-likeness (QED) is 0.864. The summed E-state index contributed by atoms with van der Waals surface area (Å²) >= 11 is 0. The van der Waals surface area contributed by atoms with E-state index in [4.69, 9.17) is 0 Å². The van der Waals surface area contributed by atoms with Gasteiger partial charge in [0, 0.05) is 13.1 Å². The van der Waals surface area contributed by atoms with Crippen LogP contribution in [0.5, 0.6) is 0 Å². The Hall–Kier alpha value is -1.96. The number of hydrogen-bond donors (Lipinski definition) is 1. The van der Waals surface area contributed by atoms with Crippen molar-refractivity contribution in [3.8, 4) is 0 Å². The van der Waals surface area contributed by atoms with E-state index in [-0.39, 0.29) is 12.1 Å². The molecule has 0 fully saturated rings. The van der Waals surface area contributed by atoms with Crippen LogP contribution in [-0.4, -0.2) is 14.8 Å². The summed E-state index contributed by atoms with van der Waals surface area (Å²) in [4.78, 5) is 0. The Kier molecular flexibility index (Phi) is 4.56. The molecule has 114 valence electrons. The van der Waals surface area contributed by atoms with Crippen molar-refractivity contribution in [3.05, 3.63) is 47.3 Å². The normalized spacial score (nSPS) is 11.9. The van der Waals surface area contributed by atoms with Crippen LogP contribution in [0.15, 0.2) is 24.5 Å². The fourth-order valence-electron chi connectivity index (χ4n) is 1.91. The number of nitrogens with zero attached hydrogens (tertiary/aromatic N) is 3. The molecule has 0 saturated heterocycles. The summed E-state index contributed by atoms with van der Waals surface area (Å²) in [6.45, 7) is 3.07. The van der Waals surface area contributed by atoms with Crippen molar-refractivity contribution in [3.63, 3.8) is 0 Å². The molecule has 0 unspecified atom stereocenters. The number of rotatable bonds is 5. The lowest BCUT2D eigenvalue weighted by Crippen LogP contribution is -2.17. The van der Waals surface area contributed by atoms with E-state index in [0.717, 1.165) is 12.1 Å². The van der Waals surface area contributed by atoms with E-state index in [1.807, 2.05) is 6.92 Å². The van der Waals surface area contributed by atoms with Crippen molar-refractivity contribution < 1.29 is 17.6 Å². The number of alkyl halides is 3. The first-order valence-corrected chi connectivity index (χ1v) is 6.34. The zero-order valence-corrected chi connectivity index (χ0v) is 11.3. The zero-order chi connectivity index (χ0) is 15.5. The van der Waals surface area contributed by atoms with E-state index in [0.29, 0.717) is 25.0 Å². The second kappa shape index (κ2) is 6.21. The maximum Gasteiger partial charge on any atom is 0.416 e. The minimum atomic E-state index is -4.56. The van der Waals surface area contributed by atoms with Crippen molar-refractivity contribution in [2.75, 3.05) is 0 Å². The average molecular weight is 302 g/mol. The van der Waals surface area contributed by atoms with Gasteiger partial charge in [0.1, 0.15) is 18.0 Å². The number of aryl methyl sites for hydroxylation is 1. The molecule has 8 heteroatoms. The lowest BCUT2D eigenvalue weighted by Gasteiger charge is -2.10. The largest absolute Gasteiger partial charge is 0.416 e. The molecule has 0 amide bonds. The molecular formula is C13H14F4N4. The summed E-state index contributed by atoms with van der Waals surface area (Å²) in [6, 6.07) is 2.49. The molecule has 0 atom stereocenters. The lowest BCUT2D eigenvalue weighted by atomic mass is 10.1. The molecule has 1 aromatic carbocycles. The molecule has 0 radical (unpaired) electrons. The number of hydrogen-bond acceptors (Lipinski definition) is 3. The third kappa shape index (κ3) is 4.01. The minimum Gasteiger partial charge on any atom is -0.317 e. The molecule has 0 aliphatic heterocycles. The summed E-state index contributed by atoms with van der Waals surface area (Å²) in [5.74, 6) is -0.233. The van der Waals surface area contributed by atoms with Crippen LogP contribution < -0.4 is 5.32 Å². The van der Waals surface area contributed by atoms with Crippen molar-refractivity contribution >= 4 is 0 Å². The predicted octanol–water partition coefficient (Wildman–Crippen LogP) is 2.75. The Balaban J connectivity index is 2.02. The van der Waals surface area contributed by atoms with Gasteiger partial charge in [-0.3, -0.25) is 0 Å². The Bertz CT molecular complexity index is 606. The SMILES string of the molecule is CCn1cnnc1CNCc1cc(F)cc(C(F)(F)F)c1. The van der Waals surface area contributed by atoms with Crippen molar-refractivity contribution in [2.45, 2.75) is 32.7 Å². The van der Waals surface area contributed by atoms with Gasteiger partial charge >= 0.3 is 6.18 Å². The number of aromatic nitrogens is 3. The van der Waals surface area contributed by atoms with Gasteiger partial charge in [-0.2, -0.15) is 13.2 Å². The topological polar surface area (TPSA) is 42.7 Å². The molecule has 1 heterocycles. The summed E-state index contributed by atoms with van der Waals surface area (Å²) in [5, 5.41) is 10.6. The van der Waals surface area contributed by atoms with E-state index < -0.39 is 17.6 Å². The molecule has 0 aliphatic carbocycles. The van der Waals surface area contributed by atoms with Crippen molar-refractivity contribution in [1.29, 1.82) is 0 Å². The van der Waals surface area contributed by atoms with Crippen LogP contribution in [-0.2, 0) is 25.8 Å². The molecule has 2 aromatic rings. The molecule has 1 N–H and O–H groups in total.